The zero-order valence-corrected chi connectivity index (χ0v) is 11.1. The topological polar surface area (TPSA) is 27.3 Å². The summed E-state index contributed by atoms with van der Waals surface area (Å²) in [5.74, 6) is 0. The van der Waals surface area contributed by atoms with Crippen LogP contribution in [0.4, 0.5) is 0 Å². The van der Waals surface area contributed by atoms with Crippen LogP contribution in [0, 0.1) is 0 Å². The van der Waals surface area contributed by atoms with Gasteiger partial charge in [0, 0.05) is 6.04 Å². The first-order valence-electron chi connectivity index (χ1n) is 7.03. The molecular formula is C13H29N3. The van der Waals surface area contributed by atoms with Crippen LogP contribution in [0.25, 0.3) is 0 Å². The monoisotopic (exact) mass is 227 g/mol. The van der Waals surface area contributed by atoms with Gasteiger partial charge in [0.05, 0.1) is 0 Å². The quantitative estimate of drug-likeness (QED) is 0.645. The van der Waals surface area contributed by atoms with E-state index in [0.717, 1.165) is 6.04 Å². The van der Waals surface area contributed by atoms with Crippen molar-refractivity contribution in [3.8, 4) is 0 Å². The maximum atomic E-state index is 3.70. The Bertz CT molecular complexity index is 149. The Morgan fingerprint density at radius 2 is 2.00 bits per heavy atom. The molecule has 1 atom stereocenters. The molecule has 1 rings (SSSR count). The van der Waals surface area contributed by atoms with Gasteiger partial charge >= 0.3 is 0 Å². The molecule has 0 amide bonds. The highest BCUT2D eigenvalue weighted by Gasteiger charge is 2.10. The summed E-state index contributed by atoms with van der Waals surface area (Å²) in [7, 11) is 0. The molecule has 3 nitrogen and oxygen atoms in total. The van der Waals surface area contributed by atoms with Crippen molar-refractivity contribution in [1.29, 1.82) is 0 Å². The summed E-state index contributed by atoms with van der Waals surface area (Å²) in [6, 6.07) is 0.756. The highest BCUT2D eigenvalue weighted by molar-refractivity contribution is 4.72. The predicted molar refractivity (Wildman–Crippen MR) is 70.9 cm³/mol. The summed E-state index contributed by atoms with van der Waals surface area (Å²) in [5.41, 5.74) is 0. The summed E-state index contributed by atoms with van der Waals surface area (Å²) >= 11 is 0. The third-order valence-corrected chi connectivity index (χ3v) is 3.55. The number of hydrogen-bond acceptors (Lipinski definition) is 3. The van der Waals surface area contributed by atoms with Crippen molar-refractivity contribution in [2.45, 2.75) is 45.6 Å². The molecule has 0 aliphatic carbocycles. The van der Waals surface area contributed by atoms with E-state index in [4.69, 9.17) is 0 Å². The van der Waals surface area contributed by atoms with E-state index in [1.165, 1.54) is 65.0 Å². The van der Waals surface area contributed by atoms with Gasteiger partial charge in [0.2, 0.25) is 0 Å². The Balaban J connectivity index is 2.00. The highest BCUT2D eigenvalue weighted by atomic mass is 15.1. The summed E-state index contributed by atoms with van der Waals surface area (Å²) in [6.07, 6.45) is 5.25. The van der Waals surface area contributed by atoms with Crippen molar-refractivity contribution in [1.82, 2.24) is 15.5 Å². The molecule has 1 unspecified atom stereocenters. The van der Waals surface area contributed by atoms with Crippen molar-refractivity contribution >= 4 is 0 Å². The summed E-state index contributed by atoms with van der Waals surface area (Å²) in [4.78, 5) is 2.50. The smallest absolute Gasteiger partial charge is 0.00796 e. The molecule has 3 heteroatoms. The van der Waals surface area contributed by atoms with Crippen LogP contribution < -0.4 is 10.6 Å². The van der Waals surface area contributed by atoms with E-state index in [1.807, 2.05) is 0 Å². The lowest BCUT2D eigenvalue weighted by molar-refractivity contribution is 0.294. The van der Waals surface area contributed by atoms with E-state index in [-0.39, 0.29) is 0 Å². The van der Waals surface area contributed by atoms with Gasteiger partial charge in [-0.05, 0) is 65.0 Å². The molecule has 0 aromatic heterocycles. The molecule has 2 N–H and O–H groups in total. The molecule has 0 spiro atoms. The van der Waals surface area contributed by atoms with Crippen LogP contribution in [0.1, 0.15) is 39.5 Å². The van der Waals surface area contributed by atoms with Crippen molar-refractivity contribution in [3.63, 3.8) is 0 Å². The standard InChI is InChI=1S/C13H29N3/c1-3-16(4-2)12-6-10-15-13-7-5-9-14-11-8-13/h13-15H,3-12H2,1-2H3. The SMILES string of the molecule is CCN(CC)CCCNC1CCCNCC1. The third kappa shape index (κ3) is 5.83. The van der Waals surface area contributed by atoms with Gasteiger partial charge in [-0.2, -0.15) is 0 Å². The first kappa shape index (κ1) is 13.9. The van der Waals surface area contributed by atoms with Gasteiger partial charge in [-0.1, -0.05) is 13.8 Å². The lowest BCUT2D eigenvalue weighted by Crippen LogP contribution is -2.33. The molecule has 0 saturated carbocycles. The van der Waals surface area contributed by atoms with Gasteiger partial charge < -0.3 is 15.5 Å². The molecule has 96 valence electrons. The summed E-state index contributed by atoms with van der Waals surface area (Å²) in [6.45, 7) is 11.7. The van der Waals surface area contributed by atoms with Crippen molar-refractivity contribution in [2.75, 3.05) is 39.3 Å². The van der Waals surface area contributed by atoms with Crippen LogP contribution >= 0.6 is 0 Å². The van der Waals surface area contributed by atoms with Gasteiger partial charge in [-0.15, -0.1) is 0 Å². The van der Waals surface area contributed by atoms with Gasteiger partial charge in [-0.25, -0.2) is 0 Å². The van der Waals surface area contributed by atoms with E-state index < -0.39 is 0 Å². The number of nitrogens with zero attached hydrogens (tertiary/aromatic N) is 1. The highest BCUT2D eigenvalue weighted by Crippen LogP contribution is 2.04. The van der Waals surface area contributed by atoms with Crippen molar-refractivity contribution in [2.24, 2.45) is 0 Å². The minimum absolute atomic E-state index is 0.756. The minimum Gasteiger partial charge on any atom is -0.317 e. The predicted octanol–water partition coefficient (Wildman–Crippen LogP) is 1.45. The van der Waals surface area contributed by atoms with Crippen LogP contribution in [0.2, 0.25) is 0 Å². The first-order valence-corrected chi connectivity index (χ1v) is 7.03. The molecule has 1 fully saturated rings. The molecule has 1 aliphatic heterocycles. The van der Waals surface area contributed by atoms with Gasteiger partial charge in [-0.3, -0.25) is 0 Å². The van der Waals surface area contributed by atoms with Gasteiger partial charge in [0.1, 0.15) is 0 Å². The number of rotatable bonds is 7. The molecule has 0 aromatic carbocycles. The first-order chi connectivity index (χ1) is 7.86. The molecule has 0 bridgehead atoms. The lowest BCUT2D eigenvalue weighted by atomic mass is 10.1. The Hall–Kier alpha value is -0.120. The van der Waals surface area contributed by atoms with E-state index in [2.05, 4.69) is 29.4 Å². The molecule has 16 heavy (non-hydrogen) atoms. The van der Waals surface area contributed by atoms with Crippen molar-refractivity contribution in [3.05, 3.63) is 0 Å². The van der Waals surface area contributed by atoms with Crippen LogP contribution in [-0.4, -0.2) is 50.2 Å². The van der Waals surface area contributed by atoms with E-state index in [9.17, 15) is 0 Å². The average molecular weight is 227 g/mol. The van der Waals surface area contributed by atoms with Crippen molar-refractivity contribution < 1.29 is 0 Å². The molecule has 1 aliphatic rings. The zero-order chi connectivity index (χ0) is 11.6. The van der Waals surface area contributed by atoms with Crippen LogP contribution in [-0.2, 0) is 0 Å². The molecule has 0 aromatic rings. The Labute approximate surface area is 101 Å². The number of nitrogens with one attached hydrogen (secondary N) is 2. The van der Waals surface area contributed by atoms with Crippen LogP contribution in [0.5, 0.6) is 0 Å². The second kappa shape index (κ2) is 8.97. The maximum absolute atomic E-state index is 3.70. The molecule has 1 saturated heterocycles. The van der Waals surface area contributed by atoms with Crippen LogP contribution in [0.3, 0.4) is 0 Å². The molecule has 1 heterocycles. The third-order valence-electron chi connectivity index (χ3n) is 3.55. The van der Waals surface area contributed by atoms with E-state index in [0.29, 0.717) is 0 Å². The molecular weight excluding hydrogens is 198 g/mol. The summed E-state index contributed by atoms with van der Waals surface area (Å²) in [5, 5.41) is 7.15. The largest absolute Gasteiger partial charge is 0.317 e. The minimum atomic E-state index is 0.756. The fourth-order valence-electron chi connectivity index (χ4n) is 2.37. The lowest BCUT2D eigenvalue weighted by Gasteiger charge is -2.20. The Morgan fingerprint density at radius 3 is 2.75 bits per heavy atom. The average Bonchev–Trinajstić information content (AvgIpc) is 2.58. The van der Waals surface area contributed by atoms with E-state index >= 15 is 0 Å². The Kier molecular flexibility index (Phi) is 7.81. The Morgan fingerprint density at radius 1 is 1.19 bits per heavy atom. The number of hydrogen-bond donors (Lipinski definition) is 2. The van der Waals surface area contributed by atoms with Gasteiger partial charge in [0.15, 0.2) is 0 Å². The normalized spacial score (nSPS) is 22.3. The van der Waals surface area contributed by atoms with Gasteiger partial charge in [0.25, 0.3) is 0 Å². The zero-order valence-electron chi connectivity index (χ0n) is 11.1. The summed E-state index contributed by atoms with van der Waals surface area (Å²) < 4.78 is 0. The fraction of sp³-hybridized carbons (Fsp3) is 1.00. The second-order valence-corrected chi connectivity index (χ2v) is 4.71. The second-order valence-electron chi connectivity index (χ2n) is 4.71. The molecule has 0 radical (unpaired) electrons. The van der Waals surface area contributed by atoms with Crippen LogP contribution in [0.15, 0.2) is 0 Å². The van der Waals surface area contributed by atoms with E-state index in [1.54, 1.807) is 0 Å². The maximum Gasteiger partial charge on any atom is 0.00796 e. The fourth-order valence-corrected chi connectivity index (χ4v) is 2.37.